The van der Waals surface area contributed by atoms with Crippen LogP contribution in [0.25, 0.3) is 11.3 Å². The molecule has 3 heteroatoms. The summed E-state index contributed by atoms with van der Waals surface area (Å²) in [6.45, 7) is 8.28. The fourth-order valence-electron chi connectivity index (χ4n) is 2.24. The van der Waals surface area contributed by atoms with Crippen molar-refractivity contribution in [1.29, 1.82) is 0 Å². The average Bonchev–Trinajstić information content (AvgIpc) is 2.13. The van der Waals surface area contributed by atoms with Crippen LogP contribution in [-0.4, -0.2) is 9.97 Å². The largest absolute Gasteiger partial charge is 0.233 e. The van der Waals surface area contributed by atoms with Crippen molar-refractivity contribution in [3.63, 3.8) is 0 Å². The fourth-order valence-corrected chi connectivity index (χ4v) is 2.72. The Kier molecular flexibility index (Phi) is 3.29. The number of rotatable bonds is 1. The molecule has 0 unspecified atom stereocenters. The van der Waals surface area contributed by atoms with Crippen LogP contribution in [0.2, 0.25) is 0 Å². The molecule has 1 aromatic heterocycles. The normalized spacial score (nSPS) is 10.6. The number of halogens is 1. The Labute approximate surface area is 110 Å². The van der Waals surface area contributed by atoms with Gasteiger partial charge < -0.3 is 0 Å². The number of aromatic nitrogens is 2. The molecule has 0 aliphatic carbocycles. The summed E-state index contributed by atoms with van der Waals surface area (Å²) in [6.07, 6.45) is 0. The van der Waals surface area contributed by atoms with Gasteiger partial charge in [-0.15, -0.1) is 0 Å². The number of nitrogens with zero attached hydrogens (tertiary/aromatic N) is 2. The molecule has 0 aliphatic heterocycles. The molecule has 88 valence electrons. The Morgan fingerprint density at radius 1 is 0.882 bits per heavy atom. The first-order chi connectivity index (χ1) is 7.97. The Balaban J connectivity index is 2.68. The number of hydrogen-bond donors (Lipinski definition) is 0. The maximum absolute atomic E-state index is 4.51. The van der Waals surface area contributed by atoms with Crippen LogP contribution in [0.5, 0.6) is 0 Å². The SMILES string of the molecule is Cc1cc(C)c(-c2cc(Br)nc(C)n2)c(C)c1. The smallest absolute Gasteiger partial charge is 0.127 e. The van der Waals surface area contributed by atoms with Crippen LogP contribution in [0.15, 0.2) is 22.8 Å². The summed E-state index contributed by atoms with van der Waals surface area (Å²) in [5, 5.41) is 0. The zero-order chi connectivity index (χ0) is 12.6. The lowest BCUT2D eigenvalue weighted by Crippen LogP contribution is -1.96. The van der Waals surface area contributed by atoms with E-state index in [4.69, 9.17) is 0 Å². The molecule has 1 heterocycles. The number of benzene rings is 1. The Morgan fingerprint density at radius 3 is 2.00 bits per heavy atom. The molecule has 0 aliphatic rings. The standard InChI is InChI=1S/C14H15BrN2/c1-8-5-9(2)14(10(3)6-8)12-7-13(15)17-11(4)16-12/h5-7H,1-4H3. The third-order valence-electron chi connectivity index (χ3n) is 2.74. The molecule has 2 rings (SSSR count). The zero-order valence-electron chi connectivity index (χ0n) is 10.5. The van der Waals surface area contributed by atoms with E-state index in [1.807, 2.05) is 13.0 Å². The van der Waals surface area contributed by atoms with Crippen LogP contribution in [-0.2, 0) is 0 Å². The number of aryl methyl sites for hydroxylation is 4. The second-order valence-corrected chi connectivity index (χ2v) is 5.21. The Bertz CT molecular complexity index is 533. The summed E-state index contributed by atoms with van der Waals surface area (Å²) in [6, 6.07) is 6.35. The van der Waals surface area contributed by atoms with E-state index in [1.54, 1.807) is 0 Å². The van der Waals surface area contributed by atoms with E-state index in [0.717, 1.165) is 16.1 Å². The minimum Gasteiger partial charge on any atom is -0.233 e. The maximum atomic E-state index is 4.51. The topological polar surface area (TPSA) is 25.8 Å². The van der Waals surface area contributed by atoms with Crippen LogP contribution >= 0.6 is 15.9 Å². The van der Waals surface area contributed by atoms with Crippen molar-refractivity contribution in [2.45, 2.75) is 27.7 Å². The lowest BCUT2D eigenvalue weighted by molar-refractivity contribution is 1.03. The van der Waals surface area contributed by atoms with Gasteiger partial charge in [0, 0.05) is 5.56 Å². The van der Waals surface area contributed by atoms with Crippen molar-refractivity contribution in [1.82, 2.24) is 9.97 Å². The summed E-state index contributed by atoms with van der Waals surface area (Å²) >= 11 is 3.42. The number of hydrogen-bond acceptors (Lipinski definition) is 2. The predicted octanol–water partition coefficient (Wildman–Crippen LogP) is 4.14. The molecule has 0 atom stereocenters. The molecule has 0 saturated heterocycles. The highest BCUT2D eigenvalue weighted by Crippen LogP contribution is 2.28. The van der Waals surface area contributed by atoms with Gasteiger partial charge >= 0.3 is 0 Å². The van der Waals surface area contributed by atoms with E-state index in [-0.39, 0.29) is 0 Å². The molecule has 0 radical (unpaired) electrons. The molecule has 0 spiro atoms. The second kappa shape index (κ2) is 4.57. The Hall–Kier alpha value is -1.22. The molecular weight excluding hydrogens is 276 g/mol. The molecule has 0 fully saturated rings. The van der Waals surface area contributed by atoms with Gasteiger partial charge in [-0.3, -0.25) is 0 Å². The van der Waals surface area contributed by atoms with Gasteiger partial charge in [-0.05, 0) is 60.8 Å². The van der Waals surface area contributed by atoms with Crippen molar-refractivity contribution in [3.05, 3.63) is 45.3 Å². The van der Waals surface area contributed by atoms with Crippen molar-refractivity contribution >= 4 is 15.9 Å². The quantitative estimate of drug-likeness (QED) is 0.738. The summed E-state index contributed by atoms with van der Waals surface area (Å²) in [5.74, 6) is 0.786. The molecule has 17 heavy (non-hydrogen) atoms. The first-order valence-electron chi connectivity index (χ1n) is 5.57. The van der Waals surface area contributed by atoms with Gasteiger partial charge in [0.1, 0.15) is 10.4 Å². The summed E-state index contributed by atoms with van der Waals surface area (Å²) < 4.78 is 0.833. The van der Waals surface area contributed by atoms with Crippen molar-refractivity contribution < 1.29 is 0 Å². The third kappa shape index (κ3) is 2.55. The highest BCUT2D eigenvalue weighted by molar-refractivity contribution is 9.10. The second-order valence-electron chi connectivity index (χ2n) is 4.40. The first-order valence-corrected chi connectivity index (χ1v) is 6.36. The van der Waals surface area contributed by atoms with E-state index < -0.39 is 0 Å². The molecular formula is C14H15BrN2. The van der Waals surface area contributed by atoms with E-state index in [0.29, 0.717) is 0 Å². The summed E-state index contributed by atoms with van der Waals surface area (Å²) in [4.78, 5) is 8.76. The molecule has 0 N–H and O–H groups in total. The van der Waals surface area contributed by atoms with Gasteiger partial charge in [0.25, 0.3) is 0 Å². The monoisotopic (exact) mass is 290 g/mol. The van der Waals surface area contributed by atoms with Gasteiger partial charge in [-0.25, -0.2) is 9.97 Å². The predicted molar refractivity (Wildman–Crippen MR) is 74.1 cm³/mol. The van der Waals surface area contributed by atoms with Crippen molar-refractivity contribution in [3.8, 4) is 11.3 Å². The average molecular weight is 291 g/mol. The van der Waals surface area contributed by atoms with Crippen LogP contribution < -0.4 is 0 Å². The van der Waals surface area contributed by atoms with E-state index in [9.17, 15) is 0 Å². The van der Waals surface area contributed by atoms with Gasteiger partial charge in [0.2, 0.25) is 0 Å². The minimum absolute atomic E-state index is 0.786. The third-order valence-corrected chi connectivity index (χ3v) is 3.15. The van der Waals surface area contributed by atoms with Crippen LogP contribution in [0.4, 0.5) is 0 Å². The van der Waals surface area contributed by atoms with Crippen molar-refractivity contribution in [2.24, 2.45) is 0 Å². The zero-order valence-corrected chi connectivity index (χ0v) is 12.1. The molecule has 0 saturated carbocycles. The highest BCUT2D eigenvalue weighted by atomic mass is 79.9. The van der Waals surface area contributed by atoms with Gasteiger partial charge in [0.05, 0.1) is 5.69 Å². The molecule has 1 aromatic carbocycles. The van der Waals surface area contributed by atoms with E-state index >= 15 is 0 Å². The van der Waals surface area contributed by atoms with Crippen molar-refractivity contribution in [2.75, 3.05) is 0 Å². The summed E-state index contributed by atoms with van der Waals surface area (Å²) in [7, 11) is 0. The molecule has 0 amide bonds. The molecule has 2 aromatic rings. The minimum atomic E-state index is 0.786. The van der Waals surface area contributed by atoms with Crippen LogP contribution in [0, 0.1) is 27.7 Å². The van der Waals surface area contributed by atoms with Gasteiger partial charge in [-0.2, -0.15) is 0 Å². The summed E-state index contributed by atoms with van der Waals surface area (Å²) in [5.41, 5.74) is 6.00. The van der Waals surface area contributed by atoms with Gasteiger partial charge in [0.15, 0.2) is 0 Å². The maximum Gasteiger partial charge on any atom is 0.127 e. The van der Waals surface area contributed by atoms with E-state index in [1.165, 1.54) is 22.3 Å². The van der Waals surface area contributed by atoms with Crippen LogP contribution in [0.1, 0.15) is 22.5 Å². The Morgan fingerprint density at radius 2 is 1.47 bits per heavy atom. The van der Waals surface area contributed by atoms with Gasteiger partial charge in [-0.1, -0.05) is 17.7 Å². The first kappa shape index (κ1) is 12.2. The molecule has 2 nitrogen and oxygen atoms in total. The van der Waals surface area contributed by atoms with Crippen LogP contribution in [0.3, 0.4) is 0 Å². The fraction of sp³-hybridized carbons (Fsp3) is 0.286. The lowest BCUT2D eigenvalue weighted by Gasteiger charge is -2.11. The lowest BCUT2D eigenvalue weighted by atomic mass is 9.97. The van der Waals surface area contributed by atoms with E-state index in [2.05, 4.69) is 58.8 Å². The highest BCUT2D eigenvalue weighted by Gasteiger charge is 2.09. The molecule has 0 bridgehead atoms.